The summed E-state index contributed by atoms with van der Waals surface area (Å²) in [4.78, 5) is 4.24. The van der Waals surface area contributed by atoms with E-state index >= 15 is 0 Å². The second kappa shape index (κ2) is 6.53. The zero-order valence-corrected chi connectivity index (χ0v) is 9.71. The van der Waals surface area contributed by atoms with Gasteiger partial charge < -0.3 is 10.1 Å². The smallest absolute Gasteiger partial charge is 0.151 e. The van der Waals surface area contributed by atoms with Gasteiger partial charge in [0, 0.05) is 32.7 Å². The summed E-state index contributed by atoms with van der Waals surface area (Å²) in [5.41, 5.74) is 0. The van der Waals surface area contributed by atoms with Crippen LogP contribution in [0.15, 0.2) is 0 Å². The molecule has 15 heavy (non-hydrogen) atoms. The predicted molar refractivity (Wildman–Crippen MR) is 58.8 cm³/mol. The molecule has 1 aromatic rings. The van der Waals surface area contributed by atoms with Gasteiger partial charge in [-0.15, -0.1) is 0 Å². The zero-order valence-electron chi connectivity index (χ0n) is 9.71. The highest BCUT2D eigenvalue weighted by Gasteiger charge is 2.02. The average molecular weight is 212 g/mol. The molecule has 0 aliphatic carbocycles. The molecule has 5 heteroatoms. The van der Waals surface area contributed by atoms with Crippen LogP contribution in [0.2, 0.25) is 0 Å². The van der Waals surface area contributed by atoms with Crippen LogP contribution in [-0.4, -0.2) is 41.5 Å². The molecule has 0 aliphatic heterocycles. The van der Waals surface area contributed by atoms with Crippen molar-refractivity contribution in [1.29, 1.82) is 0 Å². The summed E-state index contributed by atoms with van der Waals surface area (Å²) in [5, 5.41) is 10.3. The van der Waals surface area contributed by atoms with Gasteiger partial charge in [-0.05, 0) is 20.3 Å². The van der Waals surface area contributed by atoms with E-state index in [0.29, 0.717) is 6.04 Å². The van der Waals surface area contributed by atoms with Crippen molar-refractivity contribution in [3.05, 3.63) is 11.6 Å². The van der Waals surface area contributed by atoms with Crippen molar-refractivity contribution in [1.82, 2.24) is 20.5 Å². The standard InChI is InChI=1S/C10H20N4O/c1-8(5-7-15-3)11-6-4-10-12-9(2)13-14-10/h8,11H,4-7H2,1-3H3,(H,12,13,14). The first-order valence-corrected chi connectivity index (χ1v) is 5.32. The summed E-state index contributed by atoms with van der Waals surface area (Å²) in [6, 6.07) is 0.477. The summed E-state index contributed by atoms with van der Waals surface area (Å²) in [5.74, 6) is 1.75. The second-order valence-electron chi connectivity index (χ2n) is 3.72. The van der Waals surface area contributed by atoms with Crippen molar-refractivity contribution in [3.63, 3.8) is 0 Å². The molecule has 0 saturated heterocycles. The normalized spacial score (nSPS) is 13.0. The van der Waals surface area contributed by atoms with Crippen LogP contribution in [0.1, 0.15) is 25.0 Å². The number of rotatable bonds is 7. The van der Waals surface area contributed by atoms with Gasteiger partial charge in [-0.2, -0.15) is 5.10 Å². The van der Waals surface area contributed by atoms with Crippen LogP contribution in [0.25, 0.3) is 0 Å². The van der Waals surface area contributed by atoms with Crippen molar-refractivity contribution < 1.29 is 4.74 Å². The number of hydrogen-bond donors (Lipinski definition) is 2. The number of H-pyrrole nitrogens is 1. The van der Waals surface area contributed by atoms with E-state index in [1.807, 2.05) is 6.92 Å². The van der Waals surface area contributed by atoms with E-state index in [4.69, 9.17) is 4.74 Å². The highest BCUT2D eigenvalue weighted by Crippen LogP contribution is 1.93. The Bertz CT molecular complexity index is 274. The number of aromatic amines is 1. The Labute approximate surface area is 90.6 Å². The van der Waals surface area contributed by atoms with Crippen molar-refractivity contribution >= 4 is 0 Å². The number of aromatic nitrogens is 3. The third-order valence-electron chi connectivity index (χ3n) is 2.24. The minimum absolute atomic E-state index is 0.477. The molecule has 0 aliphatic rings. The molecule has 1 rings (SSSR count). The Kier molecular flexibility index (Phi) is 5.28. The van der Waals surface area contributed by atoms with E-state index in [1.54, 1.807) is 7.11 Å². The van der Waals surface area contributed by atoms with Crippen molar-refractivity contribution in [2.45, 2.75) is 32.7 Å². The fourth-order valence-electron chi connectivity index (χ4n) is 1.33. The largest absolute Gasteiger partial charge is 0.385 e. The molecule has 0 aromatic carbocycles. The van der Waals surface area contributed by atoms with Gasteiger partial charge in [0.25, 0.3) is 0 Å². The Morgan fingerprint density at radius 2 is 2.33 bits per heavy atom. The number of nitrogens with zero attached hydrogens (tertiary/aromatic N) is 2. The molecule has 86 valence electrons. The molecule has 1 heterocycles. The van der Waals surface area contributed by atoms with Gasteiger partial charge in [0.1, 0.15) is 5.82 Å². The Morgan fingerprint density at radius 3 is 2.93 bits per heavy atom. The third kappa shape index (κ3) is 4.90. The van der Waals surface area contributed by atoms with E-state index in [1.165, 1.54) is 0 Å². The molecular weight excluding hydrogens is 192 g/mol. The lowest BCUT2D eigenvalue weighted by Crippen LogP contribution is -2.29. The highest BCUT2D eigenvalue weighted by molar-refractivity contribution is 4.88. The molecule has 2 N–H and O–H groups in total. The number of aryl methyl sites for hydroxylation is 1. The third-order valence-corrected chi connectivity index (χ3v) is 2.24. The van der Waals surface area contributed by atoms with Crippen LogP contribution in [0.4, 0.5) is 0 Å². The van der Waals surface area contributed by atoms with Gasteiger partial charge in [0.05, 0.1) is 0 Å². The van der Waals surface area contributed by atoms with E-state index in [0.717, 1.165) is 37.6 Å². The SMILES string of the molecule is COCCC(C)NCCc1n[nH]c(C)n1. The van der Waals surface area contributed by atoms with Gasteiger partial charge in [0.15, 0.2) is 5.82 Å². The van der Waals surface area contributed by atoms with Gasteiger partial charge in [-0.25, -0.2) is 4.98 Å². The maximum atomic E-state index is 5.01. The predicted octanol–water partition coefficient (Wildman–Crippen LogP) is 0.670. The highest BCUT2D eigenvalue weighted by atomic mass is 16.5. The first-order valence-electron chi connectivity index (χ1n) is 5.32. The first kappa shape index (κ1) is 12.1. The van der Waals surface area contributed by atoms with Gasteiger partial charge in [0.2, 0.25) is 0 Å². The minimum atomic E-state index is 0.477. The van der Waals surface area contributed by atoms with Crippen molar-refractivity contribution in [3.8, 4) is 0 Å². The van der Waals surface area contributed by atoms with Crippen LogP contribution in [0.5, 0.6) is 0 Å². The maximum Gasteiger partial charge on any atom is 0.151 e. The van der Waals surface area contributed by atoms with Crippen LogP contribution in [-0.2, 0) is 11.2 Å². The molecule has 1 unspecified atom stereocenters. The molecule has 0 saturated carbocycles. The molecule has 0 bridgehead atoms. The molecule has 1 aromatic heterocycles. The molecule has 1 atom stereocenters. The van der Waals surface area contributed by atoms with Gasteiger partial charge in [-0.1, -0.05) is 0 Å². The average Bonchev–Trinajstić information content (AvgIpc) is 2.61. The van der Waals surface area contributed by atoms with Crippen LogP contribution in [0.3, 0.4) is 0 Å². The molecule has 0 fully saturated rings. The summed E-state index contributed by atoms with van der Waals surface area (Å²) < 4.78 is 5.01. The Morgan fingerprint density at radius 1 is 1.53 bits per heavy atom. The summed E-state index contributed by atoms with van der Waals surface area (Å²) in [6.07, 6.45) is 1.89. The lowest BCUT2D eigenvalue weighted by Gasteiger charge is -2.11. The fraction of sp³-hybridized carbons (Fsp3) is 0.800. The lowest BCUT2D eigenvalue weighted by molar-refractivity contribution is 0.185. The van der Waals surface area contributed by atoms with Crippen LogP contribution >= 0.6 is 0 Å². The van der Waals surface area contributed by atoms with Crippen molar-refractivity contribution in [2.24, 2.45) is 0 Å². The number of nitrogens with one attached hydrogen (secondary N) is 2. The Hall–Kier alpha value is -0.940. The number of ether oxygens (including phenoxy) is 1. The zero-order chi connectivity index (χ0) is 11.1. The van der Waals surface area contributed by atoms with E-state index in [9.17, 15) is 0 Å². The quantitative estimate of drug-likeness (QED) is 0.697. The Balaban J connectivity index is 2.10. The number of hydrogen-bond acceptors (Lipinski definition) is 4. The van der Waals surface area contributed by atoms with E-state index in [-0.39, 0.29) is 0 Å². The summed E-state index contributed by atoms with van der Waals surface area (Å²) >= 11 is 0. The molecule has 0 amide bonds. The lowest BCUT2D eigenvalue weighted by atomic mass is 10.2. The second-order valence-corrected chi connectivity index (χ2v) is 3.72. The monoisotopic (exact) mass is 212 g/mol. The first-order chi connectivity index (χ1) is 7.22. The van der Waals surface area contributed by atoms with Gasteiger partial charge >= 0.3 is 0 Å². The molecule has 0 radical (unpaired) electrons. The summed E-state index contributed by atoms with van der Waals surface area (Å²) in [7, 11) is 1.73. The van der Waals surface area contributed by atoms with Crippen LogP contribution < -0.4 is 5.32 Å². The number of methoxy groups -OCH3 is 1. The molecule has 0 spiro atoms. The maximum absolute atomic E-state index is 5.01. The molecule has 5 nitrogen and oxygen atoms in total. The van der Waals surface area contributed by atoms with E-state index < -0.39 is 0 Å². The topological polar surface area (TPSA) is 62.8 Å². The van der Waals surface area contributed by atoms with Crippen molar-refractivity contribution in [2.75, 3.05) is 20.3 Å². The van der Waals surface area contributed by atoms with Gasteiger partial charge in [-0.3, -0.25) is 5.10 Å². The van der Waals surface area contributed by atoms with E-state index in [2.05, 4.69) is 27.4 Å². The fourth-order valence-corrected chi connectivity index (χ4v) is 1.33. The minimum Gasteiger partial charge on any atom is -0.385 e. The van der Waals surface area contributed by atoms with Crippen LogP contribution in [0, 0.1) is 6.92 Å². The molecular formula is C10H20N4O. The summed E-state index contributed by atoms with van der Waals surface area (Å²) in [6.45, 7) is 5.77.